The summed E-state index contributed by atoms with van der Waals surface area (Å²) in [6, 6.07) is 3.43. The molecule has 0 heterocycles. The third-order valence-corrected chi connectivity index (χ3v) is 3.29. The van der Waals surface area contributed by atoms with E-state index in [0.717, 1.165) is 0 Å². The van der Waals surface area contributed by atoms with Gasteiger partial charge in [0.2, 0.25) is 0 Å². The number of phenols is 1. The van der Waals surface area contributed by atoms with Gasteiger partial charge in [-0.3, -0.25) is 0 Å². The molecule has 0 unspecified atom stereocenters. The van der Waals surface area contributed by atoms with Crippen molar-refractivity contribution in [1.29, 1.82) is 0 Å². The van der Waals surface area contributed by atoms with Crippen molar-refractivity contribution in [3.05, 3.63) is 22.2 Å². The van der Waals surface area contributed by atoms with Gasteiger partial charge in [0.05, 0.1) is 12.7 Å². The van der Waals surface area contributed by atoms with Crippen molar-refractivity contribution in [2.45, 2.75) is 18.4 Å². The molecule has 0 spiro atoms. The zero-order valence-corrected chi connectivity index (χ0v) is 9.34. The topological polar surface area (TPSA) is 49.7 Å². The van der Waals surface area contributed by atoms with Crippen LogP contribution in [-0.2, 0) is 5.60 Å². The van der Waals surface area contributed by atoms with Crippen molar-refractivity contribution >= 4 is 15.9 Å². The van der Waals surface area contributed by atoms with E-state index in [-0.39, 0.29) is 5.75 Å². The van der Waals surface area contributed by atoms with Crippen LogP contribution in [0.25, 0.3) is 0 Å². The maximum Gasteiger partial charge on any atom is 0.139 e. The van der Waals surface area contributed by atoms with E-state index in [9.17, 15) is 10.2 Å². The minimum absolute atomic E-state index is 0.0735. The van der Waals surface area contributed by atoms with Crippen molar-refractivity contribution in [3.63, 3.8) is 0 Å². The Morgan fingerprint density at radius 1 is 1.43 bits per heavy atom. The number of methoxy groups -OCH3 is 1. The van der Waals surface area contributed by atoms with Crippen LogP contribution in [0.5, 0.6) is 11.5 Å². The standard InChI is InChI=1S/C10H11BrO3/c1-14-7-3-2-6(9(12)8(7)11)10(13)4-5-10/h2-3,12-13H,4-5H2,1H3. The summed E-state index contributed by atoms with van der Waals surface area (Å²) >= 11 is 3.23. The lowest BCUT2D eigenvalue weighted by Crippen LogP contribution is -2.04. The number of halogens is 1. The molecular formula is C10H11BrO3. The summed E-state index contributed by atoms with van der Waals surface area (Å²) < 4.78 is 5.52. The fourth-order valence-electron chi connectivity index (χ4n) is 1.47. The van der Waals surface area contributed by atoms with E-state index >= 15 is 0 Å². The minimum atomic E-state index is -0.821. The fraction of sp³-hybridized carbons (Fsp3) is 0.400. The first-order chi connectivity index (χ1) is 6.58. The highest BCUT2D eigenvalue weighted by Gasteiger charge is 2.44. The first-order valence-electron chi connectivity index (χ1n) is 4.37. The smallest absolute Gasteiger partial charge is 0.139 e. The van der Waals surface area contributed by atoms with Gasteiger partial charge in [-0.15, -0.1) is 0 Å². The molecule has 0 amide bonds. The van der Waals surface area contributed by atoms with Crippen LogP contribution in [0.15, 0.2) is 16.6 Å². The van der Waals surface area contributed by atoms with Crippen LogP contribution < -0.4 is 4.74 Å². The molecule has 2 rings (SSSR count). The highest BCUT2D eigenvalue weighted by molar-refractivity contribution is 9.10. The molecule has 4 heteroatoms. The van der Waals surface area contributed by atoms with Gasteiger partial charge in [-0.1, -0.05) is 0 Å². The predicted molar refractivity (Wildman–Crippen MR) is 55.5 cm³/mol. The predicted octanol–water partition coefficient (Wildman–Crippen LogP) is 2.14. The van der Waals surface area contributed by atoms with Crippen LogP contribution in [0, 0.1) is 0 Å². The van der Waals surface area contributed by atoms with Crippen LogP contribution >= 0.6 is 15.9 Å². The lowest BCUT2D eigenvalue weighted by atomic mass is 10.1. The van der Waals surface area contributed by atoms with Crippen LogP contribution in [0.1, 0.15) is 18.4 Å². The molecule has 0 aromatic heterocycles. The van der Waals surface area contributed by atoms with Gasteiger partial charge in [-0.2, -0.15) is 0 Å². The molecular weight excluding hydrogens is 248 g/mol. The molecule has 0 aliphatic heterocycles. The van der Waals surface area contributed by atoms with E-state index in [1.807, 2.05) is 0 Å². The van der Waals surface area contributed by atoms with Crippen LogP contribution in [0.2, 0.25) is 0 Å². The first-order valence-corrected chi connectivity index (χ1v) is 5.16. The average Bonchev–Trinajstić information content (AvgIpc) is 2.89. The summed E-state index contributed by atoms with van der Waals surface area (Å²) in [5, 5.41) is 19.6. The van der Waals surface area contributed by atoms with Gasteiger partial charge in [0.25, 0.3) is 0 Å². The Morgan fingerprint density at radius 3 is 2.57 bits per heavy atom. The second-order valence-corrected chi connectivity index (χ2v) is 4.30. The van der Waals surface area contributed by atoms with E-state index in [2.05, 4.69) is 15.9 Å². The van der Waals surface area contributed by atoms with Gasteiger partial charge in [-0.05, 0) is 40.9 Å². The molecule has 1 saturated carbocycles. The van der Waals surface area contributed by atoms with Gasteiger partial charge in [0.15, 0.2) is 0 Å². The summed E-state index contributed by atoms with van der Waals surface area (Å²) in [5.74, 6) is 0.639. The van der Waals surface area contributed by atoms with Crippen LogP contribution in [-0.4, -0.2) is 17.3 Å². The molecule has 0 radical (unpaired) electrons. The highest BCUT2D eigenvalue weighted by Crippen LogP contribution is 2.51. The van der Waals surface area contributed by atoms with Crippen molar-refractivity contribution in [3.8, 4) is 11.5 Å². The molecule has 0 saturated heterocycles. The number of phenolic OH excluding ortho intramolecular Hbond substituents is 1. The fourth-order valence-corrected chi connectivity index (χ4v) is 1.97. The molecule has 1 fully saturated rings. The zero-order chi connectivity index (χ0) is 10.3. The van der Waals surface area contributed by atoms with E-state index in [1.54, 1.807) is 12.1 Å². The Labute approximate surface area is 90.5 Å². The summed E-state index contributed by atoms with van der Waals surface area (Å²) in [6.07, 6.45) is 1.42. The zero-order valence-electron chi connectivity index (χ0n) is 7.75. The molecule has 2 N–H and O–H groups in total. The largest absolute Gasteiger partial charge is 0.506 e. The highest BCUT2D eigenvalue weighted by atomic mass is 79.9. The number of ether oxygens (including phenoxy) is 1. The summed E-state index contributed by atoms with van der Waals surface area (Å²) in [4.78, 5) is 0. The van der Waals surface area contributed by atoms with Gasteiger partial charge in [-0.25, -0.2) is 0 Å². The van der Waals surface area contributed by atoms with Crippen LogP contribution in [0.3, 0.4) is 0 Å². The molecule has 1 aliphatic rings. The third kappa shape index (κ3) is 1.38. The maximum absolute atomic E-state index is 9.85. The summed E-state index contributed by atoms with van der Waals surface area (Å²) in [5.41, 5.74) is -0.246. The number of rotatable bonds is 2. The molecule has 1 aromatic rings. The van der Waals surface area contributed by atoms with Gasteiger partial charge in [0, 0.05) is 5.56 Å². The van der Waals surface area contributed by atoms with Gasteiger partial charge < -0.3 is 14.9 Å². The van der Waals surface area contributed by atoms with Crippen molar-refractivity contribution in [2.75, 3.05) is 7.11 Å². The second kappa shape index (κ2) is 3.14. The minimum Gasteiger partial charge on any atom is -0.506 e. The normalized spacial score (nSPS) is 17.9. The third-order valence-electron chi connectivity index (χ3n) is 2.53. The Hall–Kier alpha value is -0.740. The molecule has 14 heavy (non-hydrogen) atoms. The Balaban J connectivity index is 2.49. The first kappa shape index (κ1) is 9.80. The molecule has 3 nitrogen and oxygen atoms in total. The number of benzene rings is 1. The lowest BCUT2D eigenvalue weighted by Gasteiger charge is -2.13. The van der Waals surface area contributed by atoms with Crippen molar-refractivity contribution in [1.82, 2.24) is 0 Å². The molecule has 0 bridgehead atoms. The molecule has 0 atom stereocenters. The van der Waals surface area contributed by atoms with E-state index in [0.29, 0.717) is 28.6 Å². The monoisotopic (exact) mass is 258 g/mol. The maximum atomic E-state index is 9.85. The average molecular weight is 259 g/mol. The molecule has 76 valence electrons. The number of aliphatic hydroxyl groups is 1. The lowest BCUT2D eigenvalue weighted by molar-refractivity contribution is 0.147. The van der Waals surface area contributed by atoms with E-state index in [4.69, 9.17) is 4.74 Å². The Bertz CT molecular complexity index is 372. The number of aromatic hydroxyl groups is 1. The second-order valence-electron chi connectivity index (χ2n) is 3.51. The quantitative estimate of drug-likeness (QED) is 0.855. The Kier molecular flexibility index (Phi) is 2.20. The summed E-state index contributed by atoms with van der Waals surface area (Å²) in [7, 11) is 1.53. The van der Waals surface area contributed by atoms with Gasteiger partial charge >= 0.3 is 0 Å². The van der Waals surface area contributed by atoms with E-state index < -0.39 is 5.60 Å². The van der Waals surface area contributed by atoms with E-state index in [1.165, 1.54) is 7.11 Å². The number of hydrogen-bond acceptors (Lipinski definition) is 3. The number of hydrogen-bond donors (Lipinski definition) is 2. The Morgan fingerprint density at radius 2 is 2.07 bits per heavy atom. The van der Waals surface area contributed by atoms with Crippen molar-refractivity contribution in [2.24, 2.45) is 0 Å². The van der Waals surface area contributed by atoms with Crippen molar-refractivity contribution < 1.29 is 14.9 Å². The SMILES string of the molecule is COc1ccc(C2(O)CC2)c(O)c1Br. The molecule has 1 aliphatic carbocycles. The van der Waals surface area contributed by atoms with Crippen LogP contribution in [0.4, 0.5) is 0 Å². The summed E-state index contributed by atoms with van der Waals surface area (Å²) in [6.45, 7) is 0. The molecule has 1 aromatic carbocycles. The van der Waals surface area contributed by atoms with Gasteiger partial charge in [0.1, 0.15) is 16.0 Å².